The van der Waals surface area contributed by atoms with E-state index in [1.54, 1.807) is 0 Å². The van der Waals surface area contributed by atoms with Gasteiger partial charge in [0, 0.05) is 36.1 Å². The average Bonchev–Trinajstić information content (AvgIpc) is 2.48. The highest BCUT2D eigenvalue weighted by Gasteiger charge is 1.97. The molecule has 0 bridgehead atoms. The Hall–Kier alpha value is -1.74. The summed E-state index contributed by atoms with van der Waals surface area (Å²) < 4.78 is 0. The van der Waals surface area contributed by atoms with Crippen LogP contribution in [0.5, 0.6) is 0 Å². The van der Waals surface area contributed by atoms with Crippen molar-refractivity contribution in [1.29, 1.82) is 0 Å². The molecule has 0 aliphatic carbocycles. The lowest BCUT2D eigenvalue weighted by Crippen LogP contribution is -2.06. The van der Waals surface area contributed by atoms with E-state index in [-0.39, 0.29) is 0 Å². The number of anilines is 2. The van der Waals surface area contributed by atoms with Crippen LogP contribution in [-0.2, 0) is 6.42 Å². The minimum Gasteiger partial charge on any atom is -0.385 e. The molecule has 2 rings (SSSR count). The highest BCUT2D eigenvalue weighted by Crippen LogP contribution is 2.13. The minimum atomic E-state index is 0.780. The largest absolute Gasteiger partial charge is 0.385 e. The van der Waals surface area contributed by atoms with E-state index in [1.165, 1.54) is 5.56 Å². The van der Waals surface area contributed by atoms with Gasteiger partial charge in [0.2, 0.25) is 0 Å². The number of rotatable bonds is 7. The summed E-state index contributed by atoms with van der Waals surface area (Å²) in [4.78, 5) is 4.29. The molecule has 0 amide bonds. The normalized spacial score (nSPS) is 10.3. The van der Waals surface area contributed by atoms with E-state index in [4.69, 9.17) is 11.6 Å². The summed E-state index contributed by atoms with van der Waals surface area (Å²) >= 11 is 5.87. The first kappa shape index (κ1) is 14.7. The number of pyridine rings is 1. The summed E-state index contributed by atoms with van der Waals surface area (Å²) in [7, 11) is 0. The van der Waals surface area contributed by atoms with Gasteiger partial charge in [-0.25, -0.2) is 4.98 Å². The summed E-state index contributed by atoms with van der Waals surface area (Å²) in [5.41, 5.74) is 2.37. The van der Waals surface area contributed by atoms with E-state index < -0.39 is 0 Å². The number of benzene rings is 1. The monoisotopic (exact) mass is 289 g/mol. The second-order valence-electron chi connectivity index (χ2n) is 4.66. The average molecular weight is 290 g/mol. The fourth-order valence-corrected chi connectivity index (χ4v) is 2.02. The van der Waals surface area contributed by atoms with Crippen molar-refractivity contribution in [2.24, 2.45) is 0 Å². The molecule has 2 N–H and O–H groups in total. The van der Waals surface area contributed by atoms with E-state index in [9.17, 15) is 0 Å². The quantitative estimate of drug-likeness (QED) is 0.802. The molecule has 1 heterocycles. The molecule has 2 aromatic rings. The van der Waals surface area contributed by atoms with Crippen LogP contribution in [0.15, 0.2) is 42.6 Å². The summed E-state index contributed by atoms with van der Waals surface area (Å²) in [6.45, 7) is 3.97. The van der Waals surface area contributed by atoms with Gasteiger partial charge in [0.15, 0.2) is 0 Å². The Balaban J connectivity index is 1.82. The van der Waals surface area contributed by atoms with Crippen LogP contribution in [0.3, 0.4) is 0 Å². The molecule has 0 spiro atoms. The van der Waals surface area contributed by atoms with Gasteiger partial charge < -0.3 is 10.6 Å². The Morgan fingerprint density at radius 2 is 1.85 bits per heavy atom. The van der Waals surface area contributed by atoms with Gasteiger partial charge >= 0.3 is 0 Å². The highest BCUT2D eigenvalue weighted by atomic mass is 35.5. The number of hydrogen-bond acceptors (Lipinski definition) is 3. The third kappa shape index (κ3) is 4.74. The molecule has 0 atom stereocenters. The van der Waals surface area contributed by atoms with Gasteiger partial charge in [0.1, 0.15) is 5.82 Å². The van der Waals surface area contributed by atoms with Crippen LogP contribution < -0.4 is 10.6 Å². The molecule has 106 valence electrons. The zero-order chi connectivity index (χ0) is 14.2. The molecule has 0 unspecified atom stereocenters. The van der Waals surface area contributed by atoms with Crippen molar-refractivity contribution in [2.75, 3.05) is 23.7 Å². The van der Waals surface area contributed by atoms with Crippen LogP contribution in [0.2, 0.25) is 5.02 Å². The number of nitrogens with one attached hydrogen (secondary N) is 2. The van der Waals surface area contributed by atoms with Crippen LogP contribution in [0.1, 0.15) is 18.9 Å². The Bertz CT molecular complexity index is 526. The molecule has 1 aromatic heterocycles. The first-order chi connectivity index (χ1) is 9.78. The molecule has 20 heavy (non-hydrogen) atoms. The molecular formula is C16H20ClN3. The number of nitrogens with zero attached hydrogens (tertiary/aromatic N) is 1. The molecule has 4 heteroatoms. The molecule has 0 aliphatic rings. The Morgan fingerprint density at radius 1 is 1.05 bits per heavy atom. The van der Waals surface area contributed by atoms with Crippen molar-refractivity contribution in [3.8, 4) is 0 Å². The molecule has 0 fully saturated rings. The maximum Gasteiger partial charge on any atom is 0.127 e. The predicted molar refractivity (Wildman–Crippen MR) is 86.7 cm³/mol. The first-order valence-electron chi connectivity index (χ1n) is 6.96. The molecule has 0 saturated carbocycles. The van der Waals surface area contributed by atoms with Crippen LogP contribution >= 0.6 is 11.6 Å². The Morgan fingerprint density at radius 3 is 2.60 bits per heavy atom. The summed E-state index contributed by atoms with van der Waals surface area (Å²) in [5, 5.41) is 7.47. The first-order valence-corrected chi connectivity index (χ1v) is 7.34. The molecule has 0 saturated heterocycles. The number of aromatic nitrogens is 1. The molecule has 3 nitrogen and oxygen atoms in total. The van der Waals surface area contributed by atoms with E-state index >= 15 is 0 Å². The van der Waals surface area contributed by atoms with Crippen molar-refractivity contribution < 1.29 is 0 Å². The van der Waals surface area contributed by atoms with Gasteiger partial charge in [-0.1, -0.05) is 30.7 Å². The third-order valence-electron chi connectivity index (χ3n) is 2.97. The molecule has 1 aromatic carbocycles. The maximum absolute atomic E-state index is 5.87. The van der Waals surface area contributed by atoms with E-state index in [2.05, 4.69) is 34.7 Å². The number of halogens is 1. The molecular weight excluding hydrogens is 270 g/mol. The topological polar surface area (TPSA) is 37.0 Å². The minimum absolute atomic E-state index is 0.780. The Labute approximate surface area is 125 Å². The van der Waals surface area contributed by atoms with E-state index in [1.807, 2.05) is 30.5 Å². The SMILES string of the molecule is CCCNc1cc(NCCc2ccc(Cl)cc2)ccn1. The highest BCUT2D eigenvalue weighted by molar-refractivity contribution is 6.30. The van der Waals surface area contributed by atoms with Crippen LogP contribution in [0.4, 0.5) is 11.5 Å². The Kier molecular flexibility index (Phi) is 5.69. The van der Waals surface area contributed by atoms with Crippen LogP contribution in [0, 0.1) is 0 Å². The van der Waals surface area contributed by atoms with Crippen LogP contribution in [-0.4, -0.2) is 18.1 Å². The standard InChI is InChI=1S/C16H20ClN3/c1-2-9-19-16-12-15(8-11-20-16)18-10-7-13-3-5-14(17)6-4-13/h3-6,8,11-12H,2,7,9-10H2,1H3,(H2,18,19,20). The fourth-order valence-electron chi connectivity index (χ4n) is 1.89. The zero-order valence-electron chi connectivity index (χ0n) is 11.7. The lowest BCUT2D eigenvalue weighted by molar-refractivity contribution is 0.968. The van der Waals surface area contributed by atoms with Crippen molar-refractivity contribution in [1.82, 2.24) is 4.98 Å². The van der Waals surface area contributed by atoms with Crippen LogP contribution in [0.25, 0.3) is 0 Å². The molecule has 0 aliphatic heterocycles. The van der Waals surface area contributed by atoms with E-state index in [0.717, 1.165) is 42.5 Å². The van der Waals surface area contributed by atoms with Gasteiger partial charge in [-0.15, -0.1) is 0 Å². The van der Waals surface area contributed by atoms with Gasteiger partial charge in [-0.2, -0.15) is 0 Å². The summed E-state index contributed by atoms with van der Waals surface area (Å²) in [6, 6.07) is 12.0. The molecule has 0 radical (unpaired) electrons. The number of hydrogen-bond donors (Lipinski definition) is 2. The fraction of sp³-hybridized carbons (Fsp3) is 0.312. The lowest BCUT2D eigenvalue weighted by atomic mass is 10.1. The second kappa shape index (κ2) is 7.75. The van der Waals surface area contributed by atoms with Gasteiger partial charge in [-0.3, -0.25) is 0 Å². The van der Waals surface area contributed by atoms with Crippen molar-refractivity contribution >= 4 is 23.1 Å². The van der Waals surface area contributed by atoms with Crippen molar-refractivity contribution in [3.05, 3.63) is 53.2 Å². The third-order valence-corrected chi connectivity index (χ3v) is 3.22. The van der Waals surface area contributed by atoms with E-state index in [0.29, 0.717) is 0 Å². The second-order valence-corrected chi connectivity index (χ2v) is 5.10. The summed E-state index contributed by atoms with van der Waals surface area (Å²) in [6.07, 6.45) is 3.88. The zero-order valence-corrected chi connectivity index (χ0v) is 12.5. The van der Waals surface area contributed by atoms with Gasteiger partial charge in [-0.05, 0) is 36.6 Å². The van der Waals surface area contributed by atoms with Gasteiger partial charge in [0.05, 0.1) is 0 Å². The maximum atomic E-state index is 5.87. The van der Waals surface area contributed by atoms with Gasteiger partial charge in [0.25, 0.3) is 0 Å². The lowest BCUT2D eigenvalue weighted by Gasteiger charge is -2.09. The predicted octanol–water partition coefficient (Wildman–Crippen LogP) is 4.21. The summed E-state index contributed by atoms with van der Waals surface area (Å²) in [5.74, 6) is 0.920. The van der Waals surface area contributed by atoms with Crippen molar-refractivity contribution in [2.45, 2.75) is 19.8 Å². The smallest absolute Gasteiger partial charge is 0.127 e. The van der Waals surface area contributed by atoms with Crippen molar-refractivity contribution in [3.63, 3.8) is 0 Å².